The Hall–Kier alpha value is -3.45. The minimum atomic E-state index is -0.268. The van der Waals surface area contributed by atoms with Gasteiger partial charge in [0.25, 0.3) is 0 Å². The molecule has 2 aromatic carbocycles. The normalized spacial score (nSPS) is 11.3. The van der Waals surface area contributed by atoms with E-state index in [0.29, 0.717) is 19.0 Å². The van der Waals surface area contributed by atoms with E-state index < -0.39 is 0 Å². The number of benzene rings is 2. The maximum Gasteiger partial charge on any atom is 0.249 e. The Kier molecular flexibility index (Phi) is 9.20. The van der Waals surface area contributed by atoms with Crippen LogP contribution < -0.4 is 5.32 Å². The van der Waals surface area contributed by atoms with Crippen LogP contribution in [0.3, 0.4) is 0 Å². The molecule has 0 radical (unpaired) electrons. The molecule has 1 heterocycles. The lowest BCUT2D eigenvalue weighted by Crippen LogP contribution is -2.40. The van der Waals surface area contributed by atoms with E-state index in [1.807, 2.05) is 66.7 Å². The zero-order valence-electron chi connectivity index (χ0n) is 21.2. The van der Waals surface area contributed by atoms with E-state index in [4.69, 9.17) is 9.84 Å². The molecule has 0 aliphatic carbocycles. The topological polar surface area (TPSA) is 76.5 Å². The number of para-hydroxylation sites is 1. The fourth-order valence-electron chi connectivity index (χ4n) is 3.52. The van der Waals surface area contributed by atoms with Gasteiger partial charge in [-0.15, -0.1) is 0 Å². The number of aromatic nitrogens is 2. The first-order chi connectivity index (χ1) is 16.8. The predicted molar refractivity (Wildman–Crippen MR) is 138 cm³/mol. The van der Waals surface area contributed by atoms with Crippen LogP contribution in [-0.4, -0.2) is 46.2 Å². The molecule has 0 atom stereocenters. The Morgan fingerprint density at radius 1 is 1.03 bits per heavy atom. The molecular weight excluding hydrogens is 440 g/mol. The van der Waals surface area contributed by atoms with E-state index in [1.165, 1.54) is 0 Å². The molecule has 3 rings (SSSR count). The first kappa shape index (κ1) is 26.2. The van der Waals surface area contributed by atoms with E-state index in [-0.39, 0.29) is 30.4 Å². The summed E-state index contributed by atoms with van der Waals surface area (Å²) in [4.78, 5) is 27.5. The van der Waals surface area contributed by atoms with Crippen molar-refractivity contribution >= 4 is 17.6 Å². The number of amides is 2. The zero-order chi connectivity index (χ0) is 25.3. The Morgan fingerprint density at radius 3 is 2.31 bits per heavy atom. The lowest BCUT2D eigenvalue weighted by Gasteiger charge is -2.22. The van der Waals surface area contributed by atoms with Crippen molar-refractivity contribution in [3.63, 3.8) is 0 Å². The van der Waals surface area contributed by atoms with Crippen molar-refractivity contribution in [3.05, 3.63) is 78.0 Å². The summed E-state index contributed by atoms with van der Waals surface area (Å²) in [5, 5.41) is 7.71. The van der Waals surface area contributed by atoms with Crippen molar-refractivity contribution in [1.29, 1.82) is 0 Å². The number of ether oxygens (including phenoxy) is 1. The molecule has 0 saturated heterocycles. The summed E-state index contributed by atoms with van der Waals surface area (Å²) >= 11 is 0. The molecular formula is C28H36N4O3. The van der Waals surface area contributed by atoms with Crippen LogP contribution in [-0.2, 0) is 26.3 Å². The number of rotatable bonds is 11. The minimum absolute atomic E-state index is 0.0433. The van der Waals surface area contributed by atoms with Crippen molar-refractivity contribution < 1.29 is 14.3 Å². The van der Waals surface area contributed by atoms with Gasteiger partial charge in [0.1, 0.15) is 12.4 Å². The van der Waals surface area contributed by atoms with Crippen LogP contribution in [0.15, 0.2) is 66.7 Å². The van der Waals surface area contributed by atoms with Crippen LogP contribution in [0.2, 0.25) is 0 Å². The van der Waals surface area contributed by atoms with Crippen molar-refractivity contribution in [2.24, 2.45) is 0 Å². The van der Waals surface area contributed by atoms with Gasteiger partial charge < -0.3 is 15.0 Å². The predicted octanol–water partition coefficient (Wildman–Crippen LogP) is 4.95. The van der Waals surface area contributed by atoms with Crippen LogP contribution in [0.4, 0.5) is 5.82 Å². The number of hydrogen-bond acceptors (Lipinski definition) is 4. The van der Waals surface area contributed by atoms with Gasteiger partial charge in [-0.3, -0.25) is 9.59 Å². The minimum Gasteiger partial charge on any atom is -0.367 e. The molecule has 35 heavy (non-hydrogen) atoms. The second-order valence-electron chi connectivity index (χ2n) is 9.61. The average Bonchev–Trinajstić information content (AvgIpc) is 3.27. The highest BCUT2D eigenvalue weighted by Crippen LogP contribution is 2.26. The number of carbonyl (C=O) groups is 2. The van der Waals surface area contributed by atoms with Gasteiger partial charge in [0.05, 0.1) is 24.5 Å². The van der Waals surface area contributed by atoms with E-state index in [9.17, 15) is 9.59 Å². The molecule has 0 fully saturated rings. The zero-order valence-corrected chi connectivity index (χ0v) is 21.2. The highest BCUT2D eigenvalue weighted by Gasteiger charge is 2.23. The second kappa shape index (κ2) is 12.3. The Balaban J connectivity index is 1.68. The third-order valence-corrected chi connectivity index (χ3v) is 5.55. The summed E-state index contributed by atoms with van der Waals surface area (Å²) in [7, 11) is 0. The Morgan fingerprint density at radius 2 is 1.69 bits per heavy atom. The third kappa shape index (κ3) is 7.79. The molecule has 0 aliphatic heterocycles. The molecule has 0 bridgehead atoms. The smallest absolute Gasteiger partial charge is 0.249 e. The molecule has 7 heteroatoms. The fourth-order valence-corrected chi connectivity index (χ4v) is 3.52. The Labute approximate surface area is 208 Å². The summed E-state index contributed by atoms with van der Waals surface area (Å²) in [6.45, 7) is 9.04. The van der Waals surface area contributed by atoms with Gasteiger partial charge in [-0.05, 0) is 24.1 Å². The number of carbonyl (C=O) groups excluding carboxylic acids is 2. The molecule has 0 aliphatic rings. The highest BCUT2D eigenvalue weighted by molar-refractivity contribution is 5.94. The van der Waals surface area contributed by atoms with Gasteiger partial charge >= 0.3 is 0 Å². The lowest BCUT2D eigenvalue weighted by molar-refractivity contribution is -0.139. The molecule has 3 aromatic rings. The van der Waals surface area contributed by atoms with Crippen LogP contribution in [0.1, 0.15) is 51.8 Å². The number of hydrogen-bond donors (Lipinski definition) is 1. The molecule has 0 unspecified atom stereocenters. The third-order valence-electron chi connectivity index (χ3n) is 5.55. The maximum atomic E-state index is 13.0. The molecule has 1 N–H and O–H groups in total. The summed E-state index contributed by atoms with van der Waals surface area (Å²) in [5.74, 6) is 0.112. The number of nitrogens with one attached hydrogen (secondary N) is 1. The van der Waals surface area contributed by atoms with Gasteiger partial charge in [0.2, 0.25) is 11.8 Å². The quantitative estimate of drug-likeness (QED) is 0.425. The van der Waals surface area contributed by atoms with Gasteiger partial charge in [-0.1, -0.05) is 82.6 Å². The van der Waals surface area contributed by atoms with Gasteiger partial charge in [0.15, 0.2) is 0 Å². The van der Waals surface area contributed by atoms with E-state index in [2.05, 4.69) is 33.0 Å². The van der Waals surface area contributed by atoms with Crippen LogP contribution in [0, 0.1) is 0 Å². The summed E-state index contributed by atoms with van der Waals surface area (Å²) < 4.78 is 7.36. The van der Waals surface area contributed by atoms with Gasteiger partial charge in [0, 0.05) is 18.0 Å². The van der Waals surface area contributed by atoms with E-state index in [1.54, 1.807) is 9.58 Å². The standard InChI is InChI=1S/C28H36N4O3/c1-5-6-17-31(27(34)21-35-20-22-13-9-7-10-14-22)19-26(33)29-25-18-24(28(2,3)4)30-32(25)23-15-11-8-12-16-23/h7-16,18H,5-6,17,19-21H2,1-4H3,(H,29,33). The molecule has 7 nitrogen and oxygen atoms in total. The number of unbranched alkanes of at least 4 members (excludes halogenated alkanes) is 1. The monoisotopic (exact) mass is 476 g/mol. The van der Waals surface area contributed by atoms with Gasteiger partial charge in [-0.25, -0.2) is 4.68 Å². The first-order valence-electron chi connectivity index (χ1n) is 12.1. The van der Waals surface area contributed by atoms with E-state index in [0.717, 1.165) is 29.8 Å². The van der Waals surface area contributed by atoms with Crippen LogP contribution >= 0.6 is 0 Å². The summed E-state index contributed by atoms with van der Waals surface area (Å²) in [6, 6.07) is 21.3. The highest BCUT2D eigenvalue weighted by atomic mass is 16.5. The van der Waals surface area contributed by atoms with Gasteiger partial charge in [-0.2, -0.15) is 5.10 Å². The SMILES string of the molecule is CCCCN(CC(=O)Nc1cc(C(C)(C)C)nn1-c1ccccc1)C(=O)COCc1ccccc1. The average molecular weight is 477 g/mol. The van der Waals surface area contributed by atoms with Crippen molar-refractivity contribution in [1.82, 2.24) is 14.7 Å². The van der Waals surface area contributed by atoms with Crippen molar-refractivity contribution in [2.75, 3.05) is 25.0 Å². The summed E-state index contributed by atoms with van der Waals surface area (Å²) in [5.41, 5.74) is 2.54. The largest absolute Gasteiger partial charge is 0.367 e. The molecule has 186 valence electrons. The fraction of sp³-hybridized carbons (Fsp3) is 0.393. The Bertz CT molecular complexity index is 1090. The van der Waals surface area contributed by atoms with E-state index >= 15 is 0 Å². The lowest BCUT2D eigenvalue weighted by atomic mass is 9.92. The molecule has 2 amide bonds. The molecule has 0 saturated carbocycles. The molecule has 0 spiro atoms. The van der Waals surface area contributed by atoms with Crippen LogP contribution in [0.25, 0.3) is 5.69 Å². The number of anilines is 1. The molecule has 1 aromatic heterocycles. The first-order valence-corrected chi connectivity index (χ1v) is 12.1. The van der Waals surface area contributed by atoms with Crippen LogP contribution in [0.5, 0.6) is 0 Å². The van der Waals surface area contributed by atoms with Crippen molar-refractivity contribution in [2.45, 2.75) is 52.6 Å². The maximum absolute atomic E-state index is 13.0. The summed E-state index contributed by atoms with van der Waals surface area (Å²) in [6.07, 6.45) is 1.74. The number of nitrogens with zero attached hydrogens (tertiary/aromatic N) is 3. The second-order valence-corrected chi connectivity index (χ2v) is 9.61. The van der Waals surface area contributed by atoms with Crippen molar-refractivity contribution in [3.8, 4) is 5.69 Å².